The third kappa shape index (κ3) is 2.98. The Kier molecular flexibility index (Phi) is 4.21. The summed E-state index contributed by atoms with van der Waals surface area (Å²) in [5, 5.41) is 11.6. The molecule has 9 nitrogen and oxygen atoms in total. The number of fused-ring (bicyclic) bond motifs is 2. The maximum Gasteiger partial charge on any atom is 0.315 e. The van der Waals surface area contributed by atoms with Gasteiger partial charge in [0.25, 0.3) is 0 Å². The van der Waals surface area contributed by atoms with E-state index >= 15 is 0 Å². The first-order valence-corrected chi connectivity index (χ1v) is 9.41. The molecule has 4 aromatic heterocycles. The average molecular weight is 405 g/mol. The molecule has 0 amide bonds. The highest BCUT2D eigenvalue weighted by Gasteiger charge is 2.24. The number of hydrogen-bond donors (Lipinski definition) is 1. The zero-order valence-corrected chi connectivity index (χ0v) is 15.7. The van der Waals surface area contributed by atoms with E-state index in [2.05, 4.69) is 19.9 Å². The topological polar surface area (TPSA) is 125 Å². The molecule has 1 aliphatic carbocycles. The second kappa shape index (κ2) is 6.92. The van der Waals surface area contributed by atoms with Crippen molar-refractivity contribution in [1.82, 2.24) is 24.3 Å². The predicted octanol–water partition coefficient (Wildman–Crippen LogP) is 3.24. The number of halogens is 1. The molecule has 10 heteroatoms. The van der Waals surface area contributed by atoms with Crippen molar-refractivity contribution < 1.29 is 9.31 Å². The zero-order valence-electron chi connectivity index (χ0n) is 15.7. The van der Waals surface area contributed by atoms with Crippen LogP contribution in [0.2, 0.25) is 0 Å². The van der Waals surface area contributed by atoms with Crippen LogP contribution in [0.25, 0.3) is 28.6 Å². The predicted molar refractivity (Wildman–Crippen MR) is 106 cm³/mol. The van der Waals surface area contributed by atoms with Gasteiger partial charge in [-0.3, -0.25) is 19.5 Å². The zero-order chi connectivity index (χ0) is 20.8. The Morgan fingerprint density at radius 1 is 1.17 bits per heavy atom. The Morgan fingerprint density at radius 3 is 2.87 bits per heavy atom. The van der Waals surface area contributed by atoms with Gasteiger partial charge in [0.1, 0.15) is 23.4 Å². The molecule has 1 atom stereocenters. The molecule has 0 saturated carbocycles. The van der Waals surface area contributed by atoms with Crippen LogP contribution in [0.15, 0.2) is 42.9 Å². The van der Waals surface area contributed by atoms with Crippen molar-refractivity contribution in [2.24, 2.45) is 5.73 Å². The maximum absolute atomic E-state index is 13.7. The lowest BCUT2D eigenvalue weighted by molar-refractivity contribution is -0.384. The van der Waals surface area contributed by atoms with Crippen LogP contribution in [0.5, 0.6) is 0 Å². The van der Waals surface area contributed by atoms with Crippen LogP contribution < -0.4 is 5.73 Å². The highest BCUT2D eigenvalue weighted by atomic mass is 19.1. The Balaban J connectivity index is 1.68. The first kappa shape index (κ1) is 18.3. The number of rotatable bonds is 3. The summed E-state index contributed by atoms with van der Waals surface area (Å²) in [5.74, 6) is -0.263. The number of aryl methyl sites for hydroxylation is 1. The fourth-order valence-corrected chi connectivity index (χ4v) is 3.77. The summed E-state index contributed by atoms with van der Waals surface area (Å²) < 4.78 is 15.2. The van der Waals surface area contributed by atoms with E-state index in [1.54, 1.807) is 6.07 Å². The van der Waals surface area contributed by atoms with E-state index in [9.17, 15) is 14.5 Å². The number of pyridine rings is 2. The molecule has 0 aromatic carbocycles. The van der Waals surface area contributed by atoms with E-state index in [1.165, 1.54) is 28.9 Å². The molecule has 1 aliphatic rings. The SMILES string of the molecule is NC1CCCc2nc(-c3nc(-c4cnc5ccc(F)cn45)ncc3[N+](=O)[O-])ccc21. The molecule has 1 unspecified atom stereocenters. The lowest BCUT2D eigenvalue weighted by atomic mass is 9.91. The van der Waals surface area contributed by atoms with Crippen molar-refractivity contribution in [2.75, 3.05) is 0 Å². The van der Waals surface area contributed by atoms with Crippen molar-refractivity contribution in [2.45, 2.75) is 25.3 Å². The number of imidazole rings is 1. The summed E-state index contributed by atoms with van der Waals surface area (Å²) in [6.07, 6.45) is 6.46. The fraction of sp³-hybridized carbons (Fsp3) is 0.200. The van der Waals surface area contributed by atoms with E-state index in [0.717, 1.165) is 36.7 Å². The van der Waals surface area contributed by atoms with Gasteiger partial charge in [0.05, 0.1) is 16.8 Å². The molecule has 5 rings (SSSR count). The van der Waals surface area contributed by atoms with Gasteiger partial charge in [-0.1, -0.05) is 6.07 Å². The van der Waals surface area contributed by atoms with Gasteiger partial charge >= 0.3 is 5.69 Å². The third-order valence-electron chi connectivity index (χ3n) is 5.24. The van der Waals surface area contributed by atoms with Gasteiger partial charge in [-0.05, 0) is 43.0 Å². The summed E-state index contributed by atoms with van der Waals surface area (Å²) in [6, 6.07) is 6.29. The standard InChI is InChI=1S/C20H16FN7O2/c21-11-4-7-18-23-9-17(27(18)10-11)20-24-8-16(28(29)30)19(26-20)15-6-5-12-13(22)2-1-3-14(12)25-15/h4-10,13H,1-3,22H2. The Labute approximate surface area is 169 Å². The molecule has 4 aromatic rings. The van der Waals surface area contributed by atoms with Crippen LogP contribution in [-0.2, 0) is 6.42 Å². The summed E-state index contributed by atoms with van der Waals surface area (Å²) in [7, 11) is 0. The van der Waals surface area contributed by atoms with Crippen LogP contribution in [0.4, 0.5) is 10.1 Å². The minimum absolute atomic E-state index is 0.0840. The Morgan fingerprint density at radius 2 is 2.03 bits per heavy atom. The van der Waals surface area contributed by atoms with Gasteiger partial charge in [0, 0.05) is 17.9 Å². The lowest BCUT2D eigenvalue weighted by Crippen LogP contribution is -2.18. The van der Waals surface area contributed by atoms with E-state index in [0.29, 0.717) is 17.0 Å². The van der Waals surface area contributed by atoms with E-state index in [4.69, 9.17) is 5.73 Å². The maximum atomic E-state index is 13.7. The Bertz CT molecular complexity index is 1300. The van der Waals surface area contributed by atoms with Gasteiger partial charge in [-0.2, -0.15) is 0 Å². The number of nitro groups is 1. The van der Waals surface area contributed by atoms with Crippen LogP contribution >= 0.6 is 0 Å². The molecule has 0 spiro atoms. The normalized spacial score (nSPS) is 15.9. The summed E-state index contributed by atoms with van der Waals surface area (Å²) >= 11 is 0. The second-order valence-corrected chi connectivity index (χ2v) is 7.13. The summed E-state index contributed by atoms with van der Waals surface area (Å²) in [6.45, 7) is 0. The van der Waals surface area contributed by atoms with E-state index in [1.807, 2.05) is 6.07 Å². The number of nitrogens with zero attached hydrogens (tertiary/aromatic N) is 6. The third-order valence-corrected chi connectivity index (χ3v) is 5.24. The molecule has 4 heterocycles. The van der Waals surface area contributed by atoms with Crippen LogP contribution in [0, 0.1) is 15.9 Å². The largest absolute Gasteiger partial charge is 0.324 e. The monoisotopic (exact) mass is 405 g/mol. The van der Waals surface area contributed by atoms with Crippen molar-refractivity contribution >= 4 is 11.3 Å². The van der Waals surface area contributed by atoms with Crippen LogP contribution in [0.3, 0.4) is 0 Å². The van der Waals surface area contributed by atoms with Crippen LogP contribution in [0.1, 0.15) is 30.1 Å². The molecule has 0 radical (unpaired) electrons. The molecule has 0 bridgehead atoms. The molecule has 30 heavy (non-hydrogen) atoms. The van der Waals surface area contributed by atoms with Crippen molar-refractivity contribution in [3.8, 4) is 22.9 Å². The van der Waals surface area contributed by atoms with Gasteiger partial charge in [0.2, 0.25) is 0 Å². The highest BCUT2D eigenvalue weighted by Crippen LogP contribution is 2.32. The number of nitrogens with two attached hydrogens (primary N) is 1. The highest BCUT2D eigenvalue weighted by molar-refractivity contribution is 5.69. The van der Waals surface area contributed by atoms with Crippen molar-refractivity contribution in [3.63, 3.8) is 0 Å². The minimum Gasteiger partial charge on any atom is -0.324 e. The molecule has 0 aliphatic heterocycles. The smallest absolute Gasteiger partial charge is 0.315 e. The lowest BCUT2D eigenvalue weighted by Gasteiger charge is -2.21. The minimum atomic E-state index is -0.542. The first-order valence-electron chi connectivity index (χ1n) is 9.41. The van der Waals surface area contributed by atoms with Gasteiger partial charge in [-0.25, -0.2) is 19.3 Å². The van der Waals surface area contributed by atoms with E-state index < -0.39 is 10.7 Å². The van der Waals surface area contributed by atoms with E-state index in [-0.39, 0.29) is 23.2 Å². The van der Waals surface area contributed by atoms with Crippen LogP contribution in [-0.4, -0.2) is 29.3 Å². The van der Waals surface area contributed by atoms with Gasteiger partial charge in [-0.15, -0.1) is 0 Å². The molecular formula is C20H16FN7O2. The fourth-order valence-electron chi connectivity index (χ4n) is 3.77. The second-order valence-electron chi connectivity index (χ2n) is 7.13. The van der Waals surface area contributed by atoms with Gasteiger partial charge in [0.15, 0.2) is 11.5 Å². The summed E-state index contributed by atoms with van der Waals surface area (Å²) in [4.78, 5) is 28.4. The van der Waals surface area contributed by atoms with Crippen molar-refractivity contribution in [1.29, 1.82) is 0 Å². The van der Waals surface area contributed by atoms with Gasteiger partial charge < -0.3 is 5.73 Å². The first-order chi connectivity index (χ1) is 14.5. The number of hydrogen-bond acceptors (Lipinski definition) is 7. The number of aromatic nitrogens is 5. The quantitative estimate of drug-likeness (QED) is 0.410. The van der Waals surface area contributed by atoms with Crippen molar-refractivity contribution in [3.05, 3.63) is 70.0 Å². The molecule has 0 saturated heterocycles. The summed E-state index contributed by atoms with van der Waals surface area (Å²) in [5.41, 5.74) is 9.08. The molecule has 2 N–H and O–H groups in total. The average Bonchev–Trinajstić information content (AvgIpc) is 3.16. The molecule has 0 fully saturated rings. The molecule has 150 valence electrons. The Hall–Kier alpha value is -3.79. The molecular weight excluding hydrogens is 389 g/mol.